The van der Waals surface area contributed by atoms with Gasteiger partial charge in [-0.1, -0.05) is 23.8 Å². The van der Waals surface area contributed by atoms with Gasteiger partial charge in [-0.05, 0) is 75.5 Å². The van der Waals surface area contributed by atoms with Crippen LogP contribution < -0.4 is 4.90 Å². The van der Waals surface area contributed by atoms with E-state index in [0.29, 0.717) is 0 Å². The molecule has 1 aromatic carbocycles. The highest BCUT2D eigenvalue weighted by Crippen LogP contribution is 2.26. The summed E-state index contributed by atoms with van der Waals surface area (Å²) in [6.07, 6.45) is 9.08. The maximum Gasteiger partial charge on any atom is 0.160 e. The van der Waals surface area contributed by atoms with Gasteiger partial charge in [0.1, 0.15) is 5.52 Å². The Morgan fingerprint density at radius 1 is 0.900 bits per heavy atom. The third-order valence-corrected chi connectivity index (χ3v) is 6.49. The normalized spacial score (nSPS) is 18.0. The summed E-state index contributed by atoms with van der Waals surface area (Å²) < 4.78 is 2.23. The van der Waals surface area contributed by atoms with Crippen LogP contribution in [0.3, 0.4) is 0 Å². The first-order valence-electron chi connectivity index (χ1n) is 11.3. The van der Waals surface area contributed by atoms with Crippen LogP contribution in [-0.2, 0) is 6.54 Å². The Hall–Kier alpha value is -2.66. The molecule has 5 nitrogen and oxygen atoms in total. The van der Waals surface area contributed by atoms with Crippen molar-refractivity contribution < 1.29 is 0 Å². The fourth-order valence-electron chi connectivity index (χ4n) is 4.65. The number of fused-ring (bicyclic) bond motifs is 1. The number of nitrogens with zero attached hydrogens (tertiary/aromatic N) is 5. The maximum absolute atomic E-state index is 5.05. The summed E-state index contributed by atoms with van der Waals surface area (Å²) >= 11 is 0. The molecule has 0 spiro atoms. The molecule has 0 bridgehead atoms. The van der Waals surface area contributed by atoms with E-state index in [2.05, 4.69) is 68.7 Å². The lowest BCUT2D eigenvalue weighted by Gasteiger charge is -2.23. The van der Waals surface area contributed by atoms with Crippen molar-refractivity contribution in [1.29, 1.82) is 0 Å². The van der Waals surface area contributed by atoms with Crippen molar-refractivity contribution in [1.82, 2.24) is 19.4 Å². The van der Waals surface area contributed by atoms with Crippen LogP contribution in [0.1, 0.15) is 36.9 Å². The molecule has 0 atom stereocenters. The molecule has 30 heavy (non-hydrogen) atoms. The number of hydrogen-bond donors (Lipinski definition) is 0. The zero-order chi connectivity index (χ0) is 20.3. The molecule has 0 amide bonds. The second-order valence-corrected chi connectivity index (χ2v) is 8.62. The highest BCUT2D eigenvalue weighted by molar-refractivity contribution is 5.75. The number of imidazole rings is 1. The Morgan fingerprint density at radius 2 is 1.73 bits per heavy atom. The Labute approximate surface area is 179 Å². The van der Waals surface area contributed by atoms with Crippen LogP contribution in [0.15, 0.2) is 48.8 Å². The molecule has 2 aliphatic rings. The number of aromatic nitrogens is 3. The molecular weight excluding hydrogens is 370 g/mol. The molecule has 0 saturated carbocycles. The van der Waals surface area contributed by atoms with E-state index in [1.54, 1.807) is 0 Å². The van der Waals surface area contributed by atoms with Crippen molar-refractivity contribution in [2.75, 3.05) is 37.6 Å². The van der Waals surface area contributed by atoms with Gasteiger partial charge in [-0.3, -0.25) is 0 Å². The summed E-state index contributed by atoms with van der Waals surface area (Å²) in [5.74, 6) is 0. The van der Waals surface area contributed by atoms with Crippen LogP contribution in [0, 0.1) is 6.92 Å². The molecule has 0 radical (unpaired) electrons. The second-order valence-electron chi connectivity index (χ2n) is 8.62. The van der Waals surface area contributed by atoms with Crippen LogP contribution in [0.5, 0.6) is 0 Å². The largest absolute Gasteiger partial charge is 0.371 e. The van der Waals surface area contributed by atoms with Crippen LogP contribution in [0.4, 0.5) is 5.69 Å². The molecule has 1 fully saturated rings. The number of rotatable bonds is 5. The molecule has 0 aliphatic carbocycles. The van der Waals surface area contributed by atoms with Crippen molar-refractivity contribution in [3.05, 3.63) is 60.1 Å². The quantitative estimate of drug-likeness (QED) is 0.630. The van der Waals surface area contributed by atoms with E-state index in [4.69, 9.17) is 4.98 Å². The van der Waals surface area contributed by atoms with Gasteiger partial charge >= 0.3 is 0 Å². The van der Waals surface area contributed by atoms with E-state index < -0.39 is 0 Å². The minimum atomic E-state index is 0.965. The zero-order valence-electron chi connectivity index (χ0n) is 17.9. The average molecular weight is 402 g/mol. The lowest BCUT2D eigenvalue weighted by molar-refractivity contribution is 0.324. The highest BCUT2D eigenvalue weighted by atomic mass is 15.2. The van der Waals surface area contributed by atoms with Crippen molar-refractivity contribution in [3.63, 3.8) is 0 Å². The van der Waals surface area contributed by atoms with E-state index in [-0.39, 0.29) is 0 Å². The third kappa shape index (κ3) is 4.12. The van der Waals surface area contributed by atoms with Crippen LogP contribution in [0.2, 0.25) is 0 Å². The fourth-order valence-corrected chi connectivity index (χ4v) is 4.65. The van der Waals surface area contributed by atoms with Crippen molar-refractivity contribution in [2.24, 2.45) is 0 Å². The highest BCUT2D eigenvalue weighted by Gasteiger charge is 2.16. The molecule has 5 heteroatoms. The summed E-state index contributed by atoms with van der Waals surface area (Å²) in [5, 5.41) is 0. The predicted octanol–water partition coefficient (Wildman–Crippen LogP) is 4.52. The number of benzene rings is 1. The van der Waals surface area contributed by atoms with Gasteiger partial charge in [0.25, 0.3) is 0 Å². The summed E-state index contributed by atoms with van der Waals surface area (Å²) in [6, 6.07) is 13.2. The smallest absolute Gasteiger partial charge is 0.160 e. The Kier molecular flexibility index (Phi) is 5.54. The summed E-state index contributed by atoms with van der Waals surface area (Å²) in [4.78, 5) is 14.7. The van der Waals surface area contributed by atoms with E-state index in [1.807, 2.05) is 6.33 Å². The number of anilines is 1. The van der Waals surface area contributed by atoms with Crippen molar-refractivity contribution in [2.45, 2.75) is 39.2 Å². The van der Waals surface area contributed by atoms with Crippen LogP contribution in [0.25, 0.3) is 16.7 Å². The zero-order valence-corrected chi connectivity index (χ0v) is 17.9. The average Bonchev–Trinajstić information content (AvgIpc) is 3.36. The molecule has 4 heterocycles. The van der Waals surface area contributed by atoms with E-state index in [9.17, 15) is 0 Å². The number of likely N-dealkylation sites (tertiary alicyclic amines) is 1. The lowest BCUT2D eigenvalue weighted by Crippen LogP contribution is -2.24. The number of aryl methyl sites for hydroxylation is 1. The van der Waals surface area contributed by atoms with Crippen molar-refractivity contribution >= 4 is 22.4 Å². The van der Waals surface area contributed by atoms with E-state index in [1.165, 1.54) is 42.8 Å². The van der Waals surface area contributed by atoms with Gasteiger partial charge in [0.15, 0.2) is 5.65 Å². The minimum Gasteiger partial charge on any atom is -0.371 e. The third-order valence-electron chi connectivity index (χ3n) is 6.49. The summed E-state index contributed by atoms with van der Waals surface area (Å²) in [7, 11) is 0. The molecule has 0 N–H and O–H groups in total. The van der Waals surface area contributed by atoms with Gasteiger partial charge in [-0.15, -0.1) is 0 Å². The standard InChI is InChI=1S/C25H31N5/c1-20-6-8-22(9-7-20)29-15-4-5-21(12-16-29)23-10-11-24-25(27-23)30(19-26-24)18-17-28-13-2-3-14-28/h5-11,19H,2-4,12-18H2,1H3. The molecule has 2 aliphatic heterocycles. The van der Waals surface area contributed by atoms with Gasteiger partial charge in [-0.2, -0.15) is 0 Å². The number of hydrogen-bond acceptors (Lipinski definition) is 4. The fraction of sp³-hybridized carbons (Fsp3) is 0.440. The SMILES string of the molecule is Cc1ccc(N2CCC=C(c3ccc4ncn(CCN5CCCC5)c4n3)CC2)cc1. The molecule has 0 unspecified atom stereocenters. The topological polar surface area (TPSA) is 37.2 Å². The molecule has 3 aromatic rings. The number of pyridine rings is 1. The first-order chi connectivity index (χ1) is 14.8. The molecule has 1 saturated heterocycles. The van der Waals surface area contributed by atoms with Crippen molar-refractivity contribution in [3.8, 4) is 0 Å². The first kappa shape index (κ1) is 19.3. The summed E-state index contributed by atoms with van der Waals surface area (Å²) in [6.45, 7) is 8.75. The van der Waals surface area contributed by atoms with E-state index in [0.717, 1.165) is 55.9 Å². The van der Waals surface area contributed by atoms with Gasteiger partial charge in [0.05, 0.1) is 12.0 Å². The van der Waals surface area contributed by atoms with Gasteiger partial charge in [0.2, 0.25) is 0 Å². The Bertz CT molecular complexity index is 1030. The monoisotopic (exact) mass is 401 g/mol. The second kappa shape index (κ2) is 8.60. The molecule has 2 aromatic heterocycles. The van der Waals surface area contributed by atoms with Gasteiger partial charge < -0.3 is 14.4 Å². The van der Waals surface area contributed by atoms with Crippen LogP contribution >= 0.6 is 0 Å². The van der Waals surface area contributed by atoms with Gasteiger partial charge in [-0.25, -0.2) is 9.97 Å². The van der Waals surface area contributed by atoms with Crippen LogP contribution in [-0.4, -0.2) is 52.2 Å². The predicted molar refractivity (Wildman–Crippen MR) is 124 cm³/mol. The summed E-state index contributed by atoms with van der Waals surface area (Å²) in [5.41, 5.74) is 7.11. The minimum absolute atomic E-state index is 0.965. The molecular formula is C25H31N5. The van der Waals surface area contributed by atoms with E-state index >= 15 is 0 Å². The van der Waals surface area contributed by atoms with Gasteiger partial charge in [0, 0.05) is 31.9 Å². The molecule has 156 valence electrons. The Balaban J connectivity index is 1.31. The first-order valence-corrected chi connectivity index (χ1v) is 11.3. The Morgan fingerprint density at radius 3 is 2.57 bits per heavy atom. The lowest BCUT2D eigenvalue weighted by atomic mass is 10.1. The molecule has 5 rings (SSSR count). The maximum atomic E-state index is 5.05.